The molecule has 0 amide bonds. The first-order valence-electron chi connectivity index (χ1n) is 3.39. The maximum atomic E-state index is 12.9. The van der Waals surface area contributed by atoms with Crippen molar-refractivity contribution in [2.24, 2.45) is 0 Å². The van der Waals surface area contributed by atoms with Crippen LogP contribution in [-0.2, 0) is 4.79 Å². The lowest BCUT2D eigenvalue weighted by Gasteiger charge is -2.28. The number of carbonyl (C=O) groups is 1. The van der Waals surface area contributed by atoms with E-state index in [1.807, 2.05) is 0 Å². The number of hydrogen-bond donors (Lipinski definition) is 5. The van der Waals surface area contributed by atoms with Gasteiger partial charge in [0, 0.05) is 0 Å². The SMILES string of the molecule is O=C[C@H](O)[C@](O)(F)[C@H](O)[C@H](O)CO. The van der Waals surface area contributed by atoms with Gasteiger partial charge in [-0.15, -0.1) is 0 Å². The Balaban J connectivity index is 4.51. The Labute approximate surface area is 72.9 Å². The van der Waals surface area contributed by atoms with Crippen LogP contribution >= 0.6 is 0 Å². The maximum Gasteiger partial charge on any atom is 0.268 e. The van der Waals surface area contributed by atoms with Crippen LogP contribution in [0.2, 0.25) is 0 Å². The Morgan fingerprint density at radius 1 is 1.38 bits per heavy atom. The summed E-state index contributed by atoms with van der Waals surface area (Å²) < 4.78 is 12.9. The van der Waals surface area contributed by atoms with Gasteiger partial charge in [0.1, 0.15) is 12.2 Å². The van der Waals surface area contributed by atoms with Crippen molar-refractivity contribution in [1.29, 1.82) is 0 Å². The van der Waals surface area contributed by atoms with Crippen LogP contribution in [0.5, 0.6) is 0 Å². The molecule has 0 aromatic rings. The summed E-state index contributed by atoms with van der Waals surface area (Å²) in [4.78, 5) is 9.86. The molecule has 0 rings (SSSR count). The zero-order valence-electron chi connectivity index (χ0n) is 6.54. The minimum Gasteiger partial charge on any atom is -0.394 e. The molecule has 0 radical (unpaired) electrons. The summed E-state index contributed by atoms with van der Waals surface area (Å²) in [5.41, 5.74) is 0. The zero-order valence-corrected chi connectivity index (χ0v) is 6.54. The van der Waals surface area contributed by atoms with E-state index in [-0.39, 0.29) is 6.29 Å². The molecule has 0 aliphatic rings. The molecular weight excluding hydrogens is 187 g/mol. The minimum absolute atomic E-state index is 0.340. The Morgan fingerprint density at radius 3 is 2.15 bits per heavy atom. The first-order valence-corrected chi connectivity index (χ1v) is 3.39. The van der Waals surface area contributed by atoms with Crippen molar-refractivity contribution in [2.75, 3.05) is 6.61 Å². The van der Waals surface area contributed by atoms with Crippen molar-refractivity contribution in [3.05, 3.63) is 0 Å². The predicted molar refractivity (Wildman–Crippen MR) is 37.2 cm³/mol. The lowest BCUT2D eigenvalue weighted by atomic mass is 10.0. The molecule has 6 nitrogen and oxygen atoms in total. The molecule has 0 fully saturated rings. The molecule has 0 heterocycles. The third kappa shape index (κ3) is 2.68. The van der Waals surface area contributed by atoms with Gasteiger partial charge >= 0.3 is 0 Å². The second kappa shape index (κ2) is 4.58. The molecule has 0 aliphatic heterocycles. The molecule has 0 aromatic heterocycles. The van der Waals surface area contributed by atoms with Crippen molar-refractivity contribution in [3.63, 3.8) is 0 Å². The normalized spacial score (nSPS) is 22.9. The molecule has 0 spiro atoms. The van der Waals surface area contributed by atoms with Gasteiger partial charge in [0.2, 0.25) is 0 Å². The Hall–Kier alpha value is -0.600. The van der Waals surface area contributed by atoms with E-state index >= 15 is 0 Å². The molecular formula is C6H11FO6. The first kappa shape index (κ1) is 12.4. The highest BCUT2D eigenvalue weighted by atomic mass is 19.2. The van der Waals surface area contributed by atoms with E-state index in [0.29, 0.717) is 0 Å². The molecule has 4 atom stereocenters. The van der Waals surface area contributed by atoms with Gasteiger partial charge in [-0.3, -0.25) is 0 Å². The molecule has 0 aliphatic carbocycles. The highest BCUT2D eigenvalue weighted by Crippen LogP contribution is 2.19. The molecule has 5 N–H and O–H groups in total. The number of hydrogen-bond acceptors (Lipinski definition) is 6. The van der Waals surface area contributed by atoms with Crippen LogP contribution in [0.15, 0.2) is 0 Å². The Kier molecular flexibility index (Phi) is 4.37. The van der Waals surface area contributed by atoms with Crippen LogP contribution < -0.4 is 0 Å². The van der Waals surface area contributed by atoms with Gasteiger partial charge in [0.25, 0.3) is 5.85 Å². The van der Waals surface area contributed by atoms with Gasteiger partial charge in [-0.05, 0) is 0 Å². The van der Waals surface area contributed by atoms with Gasteiger partial charge in [-0.25, -0.2) is 4.39 Å². The fraction of sp³-hybridized carbons (Fsp3) is 0.833. The van der Waals surface area contributed by atoms with Crippen molar-refractivity contribution in [1.82, 2.24) is 0 Å². The van der Waals surface area contributed by atoms with Gasteiger partial charge < -0.3 is 30.3 Å². The summed E-state index contributed by atoms with van der Waals surface area (Å²) in [5.74, 6) is -3.68. The van der Waals surface area contributed by atoms with Crippen molar-refractivity contribution in [2.45, 2.75) is 24.2 Å². The third-order valence-corrected chi connectivity index (χ3v) is 1.51. The molecule has 0 saturated carbocycles. The second-order valence-corrected chi connectivity index (χ2v) is 2.50. The largest absolute Gasteiger partial charge is 0.394 e. The topological polar surface area (TPSA) is 118 Å². The van der Waals surface area contributed by atoms with Gasteiger partial charge in [0.15, 0.2) is 12.4 Å². The van der Waals surface area contributed by atoms with Crippen molar-refractivity contribution in [3.8, 4) is 0 Å². The van der Waals surface area contributed by atoms with E-state index in [4.69, 9.17) is 25.5 Å². The minimum atomic E-state index is -3.68. The molecule has 0 saturated heterocycles. The summed E-state index contributed by atoms with van der Waals surface area (Å²) in [6, 6.07) is 0. The molecule has 0 aromatic carbocycles. The quantitative estimate of drug-likeness (QED) is 0.299. The number of rotatable bonds is 5. The maximum absolute atomic E-state index is 12.9. The fourth-order valence-electron chi connectivity index (χ4n) is 0.640. The zero-order chi connectivity index (χ0) is 10.6. The number of aldehydes is 1. The fourth-order valence-corrected chi connectivity index (χ4v) is 0.640. The summed E-state index contributed by atoms with van der Waals surface area (Å²) >= 11 is 0. The standard InChI is InChI=1S/C6H11FO6/c7-6(13,4(11)2-9)5(12)3(10)1-8/h2-5,8,10-13H,1H2/t3-,4+,5-,6-/m1/s1. The number of aliphatic hydroxyl groups is 5. The molecule has 7 heteroatoms. The molecule has 13 heavy (non-hydrogen) atoms. The van der Waals surface area contributed by atoms with Crippen LogP contribution in [0.25, 0.3) is 0 Å². The Morgan fingerprint density at radius 2 is 1.85 bits per heavy atom. The van der Waals surface area contributed by atoms with E-state index in [2.05, 4.69) is 0 Å². The number of carbonyl (C=O) groups excluding carboxylic acids is 1. The van der Waals surface area contributed by atoms with Crippen LogP contribution in [0.4, 0.5) is 4.39 Å². The van der Waals surface area contributed by atoms with Crippen LogP contribution in [0.3, 0.4) is 0 Å². The van der Waals surface area contributed by atoms with E-state index in [0.717, 1.165) is 0 Å². The molecule has 0 unspecified atom stereocenters. The van der Waals surface area contributed by atoms with Gasteiger partial charge in [-0.1, -0.05) is 0 Å². The molecule has 78 valence electrons. The van der Waals surface area contributed by atoms with Crippen LogP contribution in [0, 0.1) is 0 Å². The van der Waals surface area contributed by atoms with E-state index < -0.39 is 30.8 Å². The number of aliphatic hydroxyl groups excluding tert-OH is 4. The lowest BCUT2D eigenvalue weighted by Crippen LogP contribution is -2.55. The number of halogens is 1. The van der Waals surface area contributed by atoms with Crippen molar-refractivity contribution < 1.29 is 34.7 Å². The third-order valence-electron chi connectivity index (χ3n) is 1.51. The summed E-state index contributed by atoms with van der Waals surface area (Å²) in [6.45, 7) is -1.01. The second-order valence-electron chi connectivity index (χ2n) is 2.50. The van der Waals surface area contributed by atoms with E-state index in [1.54, 1.807) is 0 Å². The molecule has 0 bridgehead atoms. The summed E-state index contributed by atoms with van der Waals surface area (Å²) in [5, 5.41) is 43.0. The highest BCUT2D eigenvalue weighted by Gasteiger charge is 2.46. The highest BCUT2D eigenvalue weighted by molar-refractivity contribution is 5.57. The first-order chi connectivity index (χ1) is 5.87. The average Bonchev–Trinajstić information content (AvgIpc) is 2.13. The summed E-state index contributed by atoms with van der Waals surface area (Å²) in [6.07, 6.45) is -7.26. The van der Waals surface area contributed by atoms with Gasteiger partial charge in [0.05, 0.1) is 6.61 Å². The average molecular weight is 198 g/mol. The number of alkyl halides is 1. The lowest BCUT2D eigenvalue weighted by molar-refractivity contribution is -0.242. The van der Waals surface area contributed by atoms with Crippen LogP contribution in [0.1, 0.15) is 0 Å². The summed E-state index contributed by atoms with van der Waals surface area (Å²) in [7, 11) is 0. The van der Waals surface area contributed by atoms with Crippen molar-refractivity contribution >= 4 is 6.29 Å². The van der Waals surface area contributed by atoms with E-state index in [1.165, 1.54) is 0 Å². The van der Waals surface area contributed by atoms with Crippen LogP contribution in [-0.4, -0.2) is 62.6 Å². The smallest absolute Gasteiger partial charge is 0.268 e. The van der Waals surface area contributed by atoms with Gasteiger partial charge in [-0.2, -0.15) is 0 Å². The predicted octanol–water partition coefficient (Wildman–Crippen LogP) is -3.08. The van der Waals surface area contributed by atoms with E-state index in [9.17, 15) is 9.18 Å². The monoisotopic (exact) mass is 198 g/mol. The Bertz CT molecular complexity index is 173.